The van der Waals surface area contributed by atoms with Crippen LogP contribution in [0.25, 0.3) is 11.0 Å². The van der Waals surface area contributed by atoms with E-state index in [2.05, 4.69) is 47.8 Å². The van der Waals surface area contributed by atoms with Gasteiger partial charge in [-0.1, -0.05) is 0 Å². The number of benzene rings is 1. The Labute approximate surface area is 103 Å². The number of imidazole rings is 1. The van der Waals surface area contributed by atoms with Crippen LogP contribution in [0.3, 0.4) is 0 Å². The van der Waals surface area contributed by atoms with Gasteiger partial charge in [0.25, 0.3) is 0 Å². The Bertz CT molecular complexity index is 513. The molecule has 1 aromatic heterocycles. The molecule has 1 aromatic carbocycles. The Balaban J connectivity index is 2.38. The monoisotopic (exact) mass is 231 g/mol. The first-order chi connectivity index (χ1) is 8.13. The van der Waals surface area contributed by atoms with Crippen LogP contribution in [-0.4, -0.2) is 23.1 Å². The van der Waals surface area contributed by atoms with Gasteiger partial charge in [-0.25, -0.2) is 4.98 Å². The smallest absolute Gasteiger partial charge is 0.0960 e. The van der Waals surface area contributed by atoms with E-state index in [0.29, 0.717) is 6.04 Å². The van der Waals surface area contributed by atoms with Gasteiger partial charge in [0.15, 0.2) is 0 Å². The van der Waals surface area contributed by atoms with Gasteiger partial charge in [-0.15, -0.1) is 0 Å². The predicted molar refractivity (Wildman–Crippen MR) is 72.5 cm³/mol. The summed E-state index contributed by atoms with van der Waals surface area (Å²) in [6, 6.07) is 4.90. The fourth-order valence-corrected chi connectivity index (χ4v) is 2.13. The van der Waals surface area contributed by atoms with E-state index >= 15 is 0 Å². The summed E-state index contributed by atoms with van der Waals surface area (Å²) in [6.07, 6.45) is 3.08. The molecule has 1 N–H and O–H groups in total. The molecule has 0 aliphatic carbocycles. The average molecular weight is 231 g/mol. The van der Waals surface area contributed by atoms with Crippen LogP contribution in [0.2, 0.25) is 0 Å². The number of nitrogens with zero attached hydrogens (tertiary/aromatic N) is 2. The highest BCUT2D eigenvalue weighted by atomic mass is 15.1. The van der Waals surface area contributed by atoms with Crippen molar-refractivity contribution < 1.29 is 0 Å². The van der Waals surface area contributed by atoms with Gasteiger partial charge < -0.3 is 9.88 Å². The Hall–Kier alpha value is -1.35. The van der Waals surface area contributed by atoms with Gasteiger partial charge in [0.1, 0.15) is 0 Å². The summed E-state index contributed by atoms with van der Waals surface area (Å²) in [6.45, 7) is 7.57. The molecule has 0 saturated carbocycles. The highest BCUT2D eigenvalue weighted by Crippen LogP contribution is 2.22. The van der Waals surface area contributed by atoms with Crippen molar-refractivity contribution in [3.63, 3.8) is 0 Å². The van der Waals surface area contributed by atoms with Gasteiger partial charge >= 0.3 is 0 Å². The number of hydrogen-bond acceptors (Lipinski definition) is 2. The minimum absolute atomic E-state index is 0.481. The zero-order valence-electron chi connectivity index (χ0n) is 11.1. The van der Waals surface area contributed by atoms with E-state index in [-0.39, 0.29) is 0 Å². The van der Waals surface area contributed by atoms with Crippen molar-refractivity contribution in [2.45, 2.75) is 33.2 Å². The number of aryl methyl sites for hydroxylation is 2. The normalized spacial score (nSPS) is 13.2. The van der Waals surface area contributed by atoms with Crippen molar-refractivity contribution in [2.75, 3.05) is 13.6 Å². The van der Waals surface area contributed by atoms with E-state index in [1.165, 1.54) is 16.6 Å². The standard InChI is InChI=1S/C14H21N3/c1-10-7-13-14(8-11(10)2)17(9-16-13)12(3)5-6-15-4/h7-9,12,15H,5-6H2,1-4H3. The van der Waals surface area contributed by atoms with Crippen LogP contribution in [0, 0.1) is 13.8 Å². The topological polar surface area (TPSA) is 29.9 Å². The molecule has 0 aliphatic heterocycles. The van der Waals surface area contributed by atoms with Crippen LogP contribution in [-0.2, 0) is 0 Å². The maximum atomic E-state index is 4.49. The predicted octanol–water partition coefficient (Wildman–Crippen LogP) is 2.82. The maximum absolute atomic E-state index is 4.49. The number of fused-ring (bicyclic) bond motifs is 1. The number of hydrogen-bond donors (Lipinski definition) is 1. The second kappa shape index (κ2) is 4.88. The van der Waals surface area contributed by atoms with Crippen LogP contribution in [0.5, 0.6) is 0 Å². The molecule has 3 heteroatoms. The van der Waals surface area contributed by atoms with Gasteiger partial charge in [-0.3, -0.25) is 0 Å². The SMILES string of the molecule is CNCCC(C)n1cnc2cc(C)c(C)cc21. The van der Waals surface area contributed by atoms with E-state index in [0.717, 1.165) is 18.5 Å². The second-order valence-electron chi connectivity index (χ2n) is 4.82. The zero-order valence-corrected chi connectivity index (χ0v) is 11.1. The van der Waals surface area contributed by atoms with Crippen LogP contribution >= 0.6 is 0 Å². The molecule has 1 unspecified atom stereocenters. The Kier molecular flexibility index (Phi) is 3.48. The lowest BCUT2D eigenvalue weighted by atomic mass is 10.1. The van der Waals surface area contributed by atoms with Gasteiger partial charge in [0, 0.05) is 6.04 Å². The van der Waals surface area contributed by atoms with Gasteiger partial charge in [-0.05, 0) is 64.0 Å². The molecule has 17 heavy (non-hydrogen) atoms. The van der Waals surface area contributed by atoms with Crippen LogP contribution in [0.1, 0.15) is 30.5 Å². The molecule has 92 valence electrons. The third-order valence-corrected chi connectivity index (χ3v) is 3.48. The quantitative estimate of drug-likeness (QED) is 0.877. The van der Waals surface area contributed by atoms with Gasteiger partial charge in [-0.2, -0.15) is 0 Å². The molecular formula is C14H21N3. The van der Waals surface area contributed by atoms with Crippen LogP contribution in [0.4, 0.5) is 0 Å². The minimum atomic E-state index is 0.481. The highest BCUT2D eigenvalue weighted by Gasteiger charge is 2.09. The molecule has 0 radical (unpaired) electrons. The molecule has 2 rings (SSSR count). The Morgan fingerprint density at radius 2 is 2.00 bits per heavy atom. The summed E-state index contributed by atoms with van der Waals surface area (Å²) in [4.78, 5) is 4.49. The van der Waals surface area contributed by atoms with Crippen molar-refractivity contribution in [1.82, 2.24) is 14.9 Å². The number of rotatable bonds is 4. The first kappa shape index (κ1) is 12.1. The van der Waals surface area contributed by atoms with E-state index in [1.54, 1.807) is 0 Å². The van der Waals surface area contributed by atoms with Crippen molar-refractivity contribution in [3.05, 3.63) is 29.6 Å². The summed E-state index contributed by atoms with van der Waals surface area (Å²) in [5.41, 5.74) is 4.99. The highest BCUT2D eigenvalue weighted by molar-refractivity contribution is 5.77. The molecular weight excluding hydrogens is 210 g/mol. The number of nitrogens with one attached hydrogen (secondary N) is 1. The van der Waals surface area contributed by atoms with Crippen LogP contribution in [0.15, 0.2) is 18.5 Å². The summed E-state index contributed by atoms with van der Waals surface area (Å²) >= 11 is 0. The van der Waals surface area contributed by atoms with E-state index in [4.69, 9.17) is 0 Å². The van der Waals surface area contributed by atoms with Crippen molar-refractivity contribution in [1.29, 1.82) is 0 Å². The van der Waals surface area contributed by atoms with Gasteiger partial charge in [0.05, 0.1) is 17.4 Å². The van der Waals surface area contributed by atoms with Crippen molar-refractivity contribution in [3.8, 4) is 0 Å². The first-order valence-electron chi connectivity index (χ1n) is 6.22. The molecule has 0 amide bonds. The van der Waals surface area contributed by atoms with Crippen molar-refractivity contribution >= 4 is 11.0 Å². The molecule has 0 fully saturated rings. The third kappa shape index (κ3) is 2.34. The summed E-state index contributed by atoms with van der Waals surface area (Å²) < 4.78 is 2.28. The fourth-order valence-electron chi connectivity index (χ4n) is 2.13. The second-order valence-corrected chi connectivity index (χ2v) is 4.82. The molecule has 1 atom stereocenters. The number of aromatic nitrogens is 2. The molecule has 2 aromatic rings. The molecule has 0 saturated heterocycles. The zero-order chi connectivity index (χ0) is 12.4. The van der Waals surface area contributed by atoms with Gasteiger partial charge in [0.2, 0.25) is 0 Å². The summed E-state index contributed by atoms with van der Waals surface area (Å²) in [7, 11) is 1.99. The van der Waals surface area contributed by atoms with Crippen LogP contribution < -0.4 is 5.32 Å². The van der Waals surface area contributed by atoms with Crippen molar-refractivity contribution in [2.24, 2.45) is 0 Å². The lowest BCUT2D eigenvalue weighted by Gasteiger charge is -2.14. The van der Waals surface area contributed by atoms with E-state index in [9.17, 15) is 0 Å². The largest absolute Gasteiger partial charge is 0.328 e. The lowest BCUT2D eigenvalue weighted by Crippen LogP contribution is -2.14. The Morgan fingerprint density at radius 3 is 2.71 bits per heavy atom. The first-order valence-corrected chi connectivity index (χ1v) is 6.22. The average Bonchev–Trinajstić information content (AvgIpc) is 2.69. The molecule has 0 aliphatic rings. The molecule has 1 heterocycles. The maximum Gasteiger partial charge on any atom is 0.0960 e. The van der Waals surface area contributed by atoms with E-state index < -0.39 is 0 Å². The molecule has 0 spiro atoms. The summed E-state index contributed by atoms with van der Waals surface area (Å²) in [5.74, 6) is 0. The third-order valence-electron chi connectivity index (χ3n) is 3.48. The minimum Gasteiger partial charge on any atom is -0.328 e. The fraction of sp³-hybridized carbons (Fsp3) is 0.500. The van der Waals surface area contributed by atoms with E-state index in [1.807, 2.05) is 13.4 Å². The summed E-state index contributed by atoms with van der Waals surface area (Å²) in [5, 5.41) is 3.20. The molecule has 0 bridgehead atoms. The molecule has 3 nitrogen and oxygen atoms in total. The Morgan fingerprint density at radius 1 is 1.29 bits per heavy atom. The lowest BCUT2D eigenvalue weighted by molar-refractivity contribution is 0.506.